The van der Waals surface area contributed by atoms with Crippen LogP contribution in [0.15, 0.2) is 24.3 Å². The molecule has 11 heavy (non-hydrogen) atoms. The lowest BCUT2D eigenvalue weighted by Gasteiger charge is -2.17. The van der Waals surface area contributed by atoms with E-state index < -0.39 is 0 Å². The van der Waals surface area contributed by atoms with Gasteiger partial charge in [0.15, 0.2) is 0 Å². The number of allylic oxidation sites excluding steroid dienone is 2. The summed E-state index contributed by atoms with van der Waals surface area (Å²) in [6.45, 7) is 4.32. The molecule has 1 aliphatic carbocycles. The van der Waals surface area contributed by atoms with Gasteiger partial charge in [0, 0.05) is 5.92 Å². The van der Waals surface area contributed by atoms with Crippen LogP contribution in [0.5, 0.6) is 0 Å². The van der Waals surface area contributed by atoms with Gasteiger partial charge in [-0.2, -0.15) is 0 Å². The topological polar surface area (TPSA) is 9.23 Å². The molecule has 0 spiro atoms. The van der Waals surface area contributed by atoms with Gasteiger partial charge in [-0.05, 0) is 20.3 Å². The zero-order valence-electron chi connectivity index (χ0n) is 7.08. The van der Waals surface area contributed by atoms with Crippen LogP contribution in [0.2, 0.25) is 0 Å². The third-order valence-corrected chi connectivity index (χ3v) is 2.37. The van der Waals surface area contributed by atoms with Crippen molar-refractivity contribution in [3.05, 3.63) is 24.3 Å². The molecule has 0 radical (unpaired) electrons. The largest absolute Gasteiger partial charge is 0.368 e. The van der Waals surface area contributed by atoms with Gasteiger partial charge in [-0.25, -0.2) is 0 Å². The van der Waals surface area contributed by atoms with Crippen LogP contribution in [0, 0.1) is 5.92 Å². The summed E-state index contributed by atoms with van der Waals surface area (Å²) in [5.41, 5.74) is 0.0777. The molecule has 1 nitrogen and oxygen atoms in total. The Morgan fingerprint density at radius 1 is 1.27 bits per heavy atom. The molecule has 0 aromatic carbocycles. The van der Waals surface area contributed by atoms with Gasteiger partial charge in [-0.3, -0.25) is 0 Å². The summed E-state index contributed by atoms with van der Waals surface area (Å²) in [5, 5.41) is 0. The minimum absolute atomic E-state index is 0.0777. The van der Waals surface area contributed by atoms with Crippen molar-refractivity contribution in [3.63, 3.8) is 0 Å². The summed E-state index contributed by atoms with van der Waals surface area (Å²) in [6, 6.07) is 0. The molecule has 1 aliphatic heterocycles. The van der Waals surface area contributed by atoms with Crippen LogP contribution in [0.25, 0.3) is 0 Å². The van der Waals surface area contributed by atoms with Gasteiger partial charge < -0.3 is 4.74 Å². The molecule has 2 atom stereocenters. The SMILES string of the molecule is CC1(C)CC2C=CC=CC2O1. The lowest BCUT2D eigenvalue weighted by molar-refractivity contribution is 0.00257. The van der Waals surface area contributed by atoms with Crippen molar-refractivity contribution in [2.75, 3.05) is 0 Å². The van der Waals surface area contributed by atoms with E-state index in [1.807, 2.05) is 0 Å². The summed E-state index contributed by atoms with van der Waals surface area (Å²) in [7, 11) is 0. The fraction of sp³-hybridized carbons (Fsp3) is 0.600. The Morgan fingerprint density at radius 3 is 2.73 bits per heavy atom. The molecule has 2 aliphatic rings. The third-order valence-electron chi connectivity index (χ3n) is 2.37. The van der Waals surface area contributed by atoms with Gasteiger partial charge in [0.2, 0.25) is 0 Å². The van der Waals surface area contributed by atoms with E-state index in [2.05, 4.69) is 38.2 Å². The molecule has 0 saturated carbocycles. The third kappa shape index (κ3) is 1.25. The zero-order chi connectivity index (χ0) is 7.90. The highest BCUT2D eigenvalue weighted by molar-refractivity contribution is 5.18. The van der Waals surface area contributed by atoms with Crippen LogP contribution in [-0.4, -0.2) is 11.7 Å². The molecule has 0 aromatic heterocycles. The maximum Gasteiger partial charge on any atom is 0.0829 e. The Morgan fingerprint density at radius 2 is 2.00 bits per heavy atom. The van der Waals surface area contributed by atoms with Gasteiger partial charge in [0.05, 0.1) is 11.7 Å². The molecule has 2 unspecified atom stereocenters. The average molecular weight is 150 g/mol. The number of hydrogen-bond acceptors (Lipinski definition) is 1. The fourth-order valence-electron chi connectivity index (χ4n) is 1.93. The van der Waals surface area contributed by atoms with Crippen LogP contribution >= 0.6 is 0 Å². The van der Waals surface area contributed by atoms with E-state index >= 15 is 0 Å². The maximum atomic E-state index is 5.81. The molecule has 1 heterocycles. The normalized spacial score (nSPS) is 39.1. The number of rotatable bonds is 0. The highest BCUT2D eigenvalue weighted by atomic mass is 16.5. The minimum atomic E-state index is 0.0777. The van der Waals surface area contributed by atoms with Crippen molar-refractivity contribution in [2.24, 2.45) is 5.92 Å². The minimum Gasteiger partial charge on any atom is -0.368 e. The summed E-state index contributed by atoms with van der Waals surface area (Å²) in [5.74, 6) is 0.620. The van der Waals surface area contributed by atoms with E-state index in [-0.39, 0.29) is 5.60 Å². The first-order valence-electron chi connectivity index (χ1n) is 4.20. The van der Waals surface area contributed by atoms with E-state index in [0.29, 0.717) is 12.0 Å². The molecule has 0 amide bonds. The summed E-state index contributed by atoms with van der Waals surface area (Å²) >= 11 is 0. The van der Waals surface area contributed by atoms with Gasteiger partial charge in [-0.1, -0.05) is 24.3 Å². The smallest absolute Gasteiger partial charge is 0.0829 e. The first-order chi connectivity index (χ1) is 5.17. The first-order valence-corrected chi connectivity index (χ1v) is 4.20. The predicted molar refractivity (Wildman–Crippen MR) is 45.3 cm³/mol. The summed E-state index contributed by atoms with van der Waals surface area (Å²) in [6.07, 6.45) is 10.1. The molecular weight excluding hydrogens is 136 g/mol. The lowest BCUT2D eigenvalue weighted by Crippen LogP contribution is -2.19. The maximum absolute atomic E-state index is 5.81. The number of hydrogen-bond donors (Lipinski definition) is 0. The van der Waals surface area contributed by atoms with Gasteiger partial charge in [0.1, 0.15) is 0 Å². The van der Waals surface area contributed by atoms with Crippen LogP contribution in [0.4, 0.5) is 0 Å². The second-order valence-electron chi connectivity index (χ2n) is 3.98. The van der Waals surface area contributed by atoms with E-state index in [1.165, 1.54) is 0 Å². The van der Waals surface area contributed by atoms with Gasteiger partial charge in [0.25, 0.3) is 0 Å². The zero-order valence-corrected chi connectivity index (χ0v) is 7.08. The van der Waals surface area contributed by atoms with Crippen molar-refractivity contribution in [2.45, 2.75) is 32.0 Å². The quantitative estimate of drug-likeness (QED) is 0.515. The summed E-state index contributed by atoms with van der Waals surface area (Å²) in [4.78, 5) is 0. The Balaban J connectivity index is 2.18. The van der Waals surface area contributed by atoms with E-state index in [9.17, 15) is 0 Å². The second-order valence-corrected chi connectivity index (χ2v) is 3.98. The number of fused-ring (bicyclic) bond motifs is 1. The molecular formula is C10H14O. The van der Waals surface area contributed by atoms with Crippen LogP contribution in [0.1, 0.15) is 20.3 Å². The van der Waals surface area contributed by atoms with Crippen molar-refractivity contribution in [1.29, 1.82) is 0 Å². The van der Waals surface area contributed by atoms with E-state index in [4.69, 9.17) is 4.74 Å². The van der Waals surface area contributed by atoms with Gasteiger partial charge >= 0.3 is 0 Å². The monoisotopic (exact) mass is 150 g/mol. The Bertz CT molecular complexity index is 191. The van der Waals surface area contributed by atoms with Crippen molar-refractivity contribution < 1.29 is 4.74 Å². The molecule has 60 valence electrons. The Labute approximate surface area is 67.7 Å². The Kier molecular flexibility index (Phi) is 1.43. The van der Waals surface area contributed by atoms with Crippen LogP contribution < -0.4 is 0 Å². The van der Waals surface area contributed by atoms with Crippen LogP contribution in [-0.2, 0) is 4.74 Å². The molecule has 1 saturated heterocycles. The number of ether oxygens (including phenoxy) is 1. The Hall–Kier alpha value is -0.560. The molecule has 0 aromatic rings. The van der Waals surface area contributed by atoms with Crippen LogP contribution in [0.3, 0.4) is 0 Å². The van der Waals surface area contributed by atoms with Crippen molar-refractivity contribution in [3.8, 4) is 0 Å². The standard InChI is InChI=1S/C10H14O/c1-10(2)7-8-5-3-4-6-9(8)11-10/h3-6,8-9H,7H2,1-2H3. The molecule has 0 bridgehead atoms. The second kappa shape index (κ2) is 2.21. The highest BCUT2D eigenvalue weighted by Crippen LogP contribution is 2.37. The van der Waals surface area contributed by atoms with E-state index in [0.717, 1.165) is 6.42 Å². The molecule has 1 fully saturated rings. The highest BCUT2D eigenvalue weighted by Gasteiger charge is 2.37. The predicted octanol–water partition coefficient (Wildman–Crippen LogP) is 2.30. The lowest BCUT2D eigenvalue weighted by atomic mass is 9.92. The molecule has 0 N–H and O–H groups in total. The van der Waals surface area contributed by atoms with Gasteiger partial charge in [-0.15, -0.1) is 0 Å². The average Bonchev–Trinajstić information content (AvgIpc) is 2.21. The van der Waals surface area contributed by atoms with Crippen molar-refractivity contribution in [1.82, 2.24) is 0 Å². The van der Waals surface area contributed by atoms with E-state index in [1.54, 1.807) is 0 Å². The summed E-state index contributed by atoms with van der Waals surface area (Å²) < 4.78 is 5.81. The van der Waals surface area contributed by atoms with Crippen molar-refractivity contribution >= 4 is 0 Å². The fourth-order valence-corrected chi connectivity index (χ4v) is 1.93. The molecule has 2 rings (SSSR count). The molecule has 1 heteroatoms. The first kappa shape index (κ1) is 7.11.